The first kappa shape index (κ1) is 11.7. The Morgan fingerprint density at radius 1 is 1.24 bits per heavy atom. The second-order valence-electron chi connectivity index (χ2n) is 3.51. The summed E-state index contributed by atoms with van der Waals surface area (Å²) in [6.07, 6.45) is 0. The summed E-state index contributed by atoms with van der Waals surface area (Å²) in [5.74, 6) is 0.219. The average molecular weight is 253 g/mol. The van der Waals surface area contributed by atoms with Gasteiger partial charge in [-0.25, -0.2) is 0 Å². The van der Waals surface area contributed by atoms with Crippen molar-refractivity contribution in [2.75, 3.05) is 12.8 Å². The van der Waals surface area contributed by atoms with Gasteiger partial charge in [-0.05, 0) is 0 Å². The number of anilines is 1. The van der Waals surface area contributed by atoms with E-state index in [0.717, 1.165) is 0 Å². The number of nitrogen functional groups attached to an aromatic ring is 1. The summed E-state index contributed by atoms with van der Waals surface area (Å²) < 4.78 is 36.7. The van der Waals surface area contributed by atoms with E-state index in [0.29, 0.717) is 16.5 Å². The topological polar surface area (TPSA) is 89.6 Å². The van der Waals surface area contributed by atoms with Crippen molar-refractivity contribution in [3.05, 3.63) is 30.3 Å². The van der Waals surface area contributed by atoms with E-state index in [1.54, 1.807) is 24.3 Å². The van der Waals surface area contributed by atoms with Crippen LogP contribution in [0.3, 0.4) is 0 Å². The zero-order chi connectivity index (χ0) is 12.6. The third-order valence-electron chi connectivity index (χ3n) is 2.51. The molecule has 6 heteroatoms. The molecule has 0 saturated carbocycles. The van der Waals surface area contributed by atoms with E-state index < -0.39 is 10.1 Å². The lowest BCUT2D eigenvalue weighted by Crippen LogP contribution is -2.02. The van der Waals surface area contributed by atoms with Crippen LogP contribution in [0.4, 0.5) is 5.69 Å². The van der Waals surface area contributed by atoms with E-state index >= 15 is 0 Å². The molecule has 0 aromatic heterocycles. The molecular weight excluding hydrogens is 242 g/mol. The predicted molar refractivity (Wildman–Crippen MR) is 64.7 cm³/mol. The Morgan fingerprint density at radius 2 is 1.82 bits per heavy atom. The summed E-state index contributed by atoms with van der Waals surface area (Å²) in [5, 5.41) is 0.896. The number of ether oxygens (including phenoxy) is 1. The fourth-order valence-electron chi connectivity index (χ4n) is 1.72. The van der Waals surface area contributed by atoms with Crippen LogP contribution >= 0.6 is 0 Å². The van der Waals surface area contributed by atoms with Gasteiger partial charge in [-0.15, -0.1) is 0 Å². The maximum absolute atomic E-state index is 11.3. The van der Waals surface area contributed by atoms with E-state index in [1.807, 2.05) is 0 Å². The number of methoxy groups -OCH3 is 1. The Kier molecular flexibility index (Phi) is 2.68. The molecule has 0 saturated heterocycles. The van der Waals surface area contributed by atoms with Gasteiger partial charge >= 0.3 is 0 Å². The molecule has 0 fully saturated rings. The third-order valence-corrected chi connectivity index (χ3v) is 3.40. The first-order chi connectivity index (χ1) is 7.95. The van der Waals surface area contributed by atoms with Gasteiger partial charge in [-0.2, -0.15) is 8.42 Å². The molecular formula is C11H11NO4S. The maximum Gasteiger partial charge on any atom is 0.295 e. The summed E-state index contributed by atoms with van der Waals surface area (Å²) in [6, 6.07) is 7.86. The smallest absolute Gasteiger partial charge is 0.295 e. The van der Waals surface area contributed by atoms with Crippen molar-refractivity contribution in [1.29, 1.82) is 0 Å². The maximum atomic E-state index is 11.3. The van der Waals surface area contributed by atoms with Crippen molar-refractivity contribution in [1.82, 2.24) is 0 Å². The number of benzene rings is 2. The van der Waals surface area contributed by atoms with Crippen molar-refractivity contribution in [2.45, 2.75) is 4.90 Å². The van der Waals surface area contributed by atoms with Crippen LogP contribution in [-0.2, 0) is 10.1 Å². The van der Waals surface area contributed by atoms with Gasteiger partial charge in [-0.3, -0.25) is 4.55 Å². The van der Waals surface area contributed by atoms with Crippen molar-refractivity contribution in [3.8, 4) is 5.75 Å². The normalized spacial score (nSPS) is 11.6. The summed E-state index contributed by atoms with van der Waals surface area (Å²) in [7, 11) is -2.93. The first-order valence-corrected chi connectivity index (χ1v) is 6.22. The van der Waals surface area contributed by atoms with E-state index in [-0.39, 0.29) is 10.6 Å². The molecule has 0 amide bonds. The number of fused-ring (bicyclic) bond motifs is 1. The van der Waals surface area contributed by atoms with Crippen LogP contribution in [0.15, 0.2) is 35.2 Å². The molecule has 0 aliphatic rings. The molecule has 0 atom stereocenters. The lowest BCUT2D eigenvalue weighted by molar-refractivity contribution is 0.415. The summed E-state index contributed by atoms with van der Waals surface area (Å²) in [4.78, 5) is -0.209. The van der Waals surface area contributed by atoms with Gasteiger partial charge in [0.2, 0.25) is 0 Å². The molecule has 17 heavy (non-hydrogen) atoms. The van der Waals surface area contributed by atoms with Crippen LogP contribution in [-0.4, -0.2) is 20.1 Å². The molecule has 0 bridgehead atoms. The lowest BCUT2D eigenvalue weighted by atomic mass is 10.1. The fraction of sp³-hybridized carbons (Fsp3) is 0.0909. The highest BCUT2D eigenvalue weighted by Gasteiger charge is 2.18. The van der Waals surface area contributed by atoms with Crippen LogP contribution in [0.25, 0.3) is 10.8 Å². The van der Waals surface area contributed by atoms with E-state index in [9.17, 15) is 13.0 Å². The Balaban J connectivity index is 2.99. The zero-order valence-corrected chi connectivity index (χ0v) is 9.86. The number of hydrogen-bond donors (Lipinski definition) is 2. The second kappa shape index (κ2) is 3.90. The number of rotatable bonds is 2. The molecule has 90 valence electrons. The Labute approximate surface area is 98.6 Å². The van der Waals surface area contributed by atoms with Gasteiger partial charge in [0.1, 0.15) is 10.6 Å². The summed E-state index contributed by atoms with van der Waals surface area (Å²) >= 11 is 0. The minimum Gasteiger partial charge on any atom is -0.495 e. The fourth-order valence-corrected chi connectivity index (χ4v) is 2.43. The van der Waals surface area contributed by atoms with Crippen molar-refractivity contribution >= 4 is 26.6 Å². The molecule has 5 nitrogen and oxygen atoms in total. The molecule has 2 aromatic carbocycles. The van der Waals surface area contributed by atoms with Gasteiger partial charge in [-0.1, -0.05) is 24.3 Å². The van der Waals surface area contributed by atoms with Crippen LogP contribution in [0.5, 0.6) is 5.75 Å². The quantitative estimate of drug-likeness (QED) is 0.627. The van der Waals surface area contributed by atoms with Gasteiger partial charge in [0.05, 0.1) is 12.8 Å². The van der Waals surface area contributed by atoms with Gasteiger partial charge in [0.15, 0.2) is 0 Å². The minimum atomic E-state index is -4.31. The molecule has 0 spiro atoms. The van der Waals surface area contributed by atoms with Crippen LogP contribution in [0, 0.1) is 0 Å². The van der Waals surface area contributed by atoms with Gasteiger partial charge in [0, 0.05) is 16.8 Å². The highest BCUT2D eigenvalue weighted by molar-refractivity contribution is 7.86. The average Bonchev–Trinajstić information content (AvgIpc) is 2.28. The molecule has 2 rings (SSSR count). The standard InChI is InChI=1S/C11H11NO4S/c1-16-9-6-10(17(13,14)15)7-4-2-3-5-8(7)11(9)12/h2-6H,12H2,1H3,(H,13,14,15). The highest BCUT2D eigenvalue weighted by Crippen LogP contribution is 2.35. The van der Waals surface area contributed by atoms with E-state index in [4.69, 9.17) is 10.5 Å². The first-order valence-electron chi connectivity index (χ1n) is 4.78. The van der Waals surface area contributed by atoms with Crippen molar-refractivity contribution < 1.29 is 17.7 Å². The van der Waals surface area contributed by atoms with Crippen LogP contribution in [0.1, 0.15) is 0 Å². The van der Waals surface area contributed by atoms with Crippen molar-refractivity contribution in [2.24, 2.45) is 0 Å². The SMILES string of the molecule is COc1cc(S(=O)(=O)O)c2ccccc2c1N. The van der Waals surface area contributed by atoms with Gasteiger partial charge in [0.25, 0.3) is 10.1 Å². The second-order valence-corrected chi connectivity index (χ2v) is 4.90. The molecule has 0 heterocycles. The molecule has 2 aromatic rings. The Morgan fingerprint density at radius 3 is 2.35 bits per heavy atom. The lowest BCUT2D eigenvalue weighted by Gasteiger charge is -2.11. The number of nitrogens with two attached hydrogens (primary N) is 1. The highest BCUT2D eigenvalue weighted by atomic mass is 32.2. The van der Waals surface area contributed by atoms with E-state index in [1.165, 1.54) is 13.2 Å². The Hall–Kier alpha value is -1.79. The third kappa shape index (κ3) is 1.92. The minimum absolute atomic E-state index is 0.209. The summed E-state index contributed by atoms with van der Waals surface area (Å²) in [6.45, 7) is 0. The van der Waals surface area contributed by atoms with Crippen LogP contribution < -0.4 is 10.5 Å². The molecule has 0 radical (unpaired) electrons. The molecule has 0 unspecified atom stereocenters. The predicted octanol–water partition coefficient (Wildman–Crippen LogP) is 1.68. The largest absolute Gasteiger partial charge is 0.495 e. The van der Waals surface area contributed by atoms with Crippen LogP contribution in [0.2, 0.25) is 0 Å². The zero-order valence-electron chi connectivity index (χ0n) is 9.04. The summed E-state index contributed by atoms with van der Waals surface area (Å²) in [5.41, 5.74) is 6.18. The molecule has 0 aliphatic carbocycles. The molecule has 0 aliphatic heterocycles. The van der Waals surface area contributed by atoms with Crippen molar-refractivity contribution in [3.63, 3.8) is 0 Å². The number of hydrogen-bond acceptors (Lipinski definition) is 4. The van der Waals surface area contributed by atoms with E-state index in [2.05, 4.69) is 0 Å². The van der Waals surface area contributed by atoms with Gasteiger partial charge < -0.3 is 10.5 Å². The monoisotopic (exact) mass is 253 g/mol. The molecule has 3 N–H and O–H groups in total. The Bertz CT molecular complexity index is 679.